The first kappa shape index (κ1) is 26.5. The average molecular weight is 547 g/mol. The summed E-state index contributed by atoms with van der Waals surface area (Å²) in [7, 11) is 3.78. The normalized spacial score (nSPS) is 16.8. The molecule has 0 bridgehead atoms. The standard InChI is InChI=1S/C28H30N6O4S/c1-17(18-9-11-20(12-10-18)34-14-6-13-29-34)30-26(37)24(35)25(36)27(38)33-15-19-7-4-5-8-21(19)23(33)22-16-39-28(31-22)32(2)3/h4-14,16-17,23-25,35-36H,15H2,1-3H3,(H,30,37)/t17-,23?,24-,25-/m1/s1. The fraction of sp³-hybridized carbons (Fsp3) is 0.286. The highest BCUT2D eigenvalue weighted by atomic mass is 32.1. The van der Waals surface area contributed by atoms with E-state index in [0.29, 0.717) is 5.69 Å². The molecule has 4 atom stereocenters. The molecule has 10 nitrogen and oxygen atoms in total. The molecule has 5 rings (SSSR count). The maximum atomic E-state index is 13.5. The Morgan fingerprint density at radius 3 is 2.49 bits per heavy atom. The van der Waals surface area contributed by atoms with Gasteiger partial charge >= 0.3 is 0 Å². The molecule has 2 amide bonds. The molecule has 1 unspecified atom stereocenters. The van der Waals surface area contributed by atoms with Gasteiger partial charge in [0.1, 0.15) is 6.04 Å². The number of anilines is 1. The highest BCUT2D eigenvalue weighted by Gasteiger charge is 2.41. The molecular weight excluding hydrogens is 516 g/mol. The molecule has 0 aliphatic carbocycles. The van der Waals surface area contributed by atoms with Crippen LogP contribution < -0.4 is 10.2 Å². The van der Waals surface area contributed by atoms with Crippen molar-refractivity contribution < 1.29 is 19.8 Å². The molecule has 3 heterocycles. The molecule has 11 heteroatoms. The van der Waals surface area contributed by atoms with E-state index < -0.39 is 36.1 Å². The molecule has 0 radical (unpaired) electrons. The SMILES string of the molecule is C[C@@H](NC(=O)[C@H](O)[C@@H](O)C(=O)N1Cc2ccccc2C1c1csc(N(C)C)n1)c1ccc(-n2cccn2)cc1. The van der Waals surface area contributed by atoms with Gasteiger partial charge in [-0.25, -0.2) is 9.67 Å². The Balaban J connectivity index is 1.29. The van der Waals surface area contributed by atoms with Gasteiger partial charge in [0, 0.05) is 38.4 Å². The van der Waals surface area contributed by atoms with Crippen molar-refractivity contribution in [2.24, 2.45) is 0 Å². The Labute approximate surface area is 230 Å². The number of aliphatic hydroxyl groups excluding tert-OH is 2. The summed E-state index contributed by atoms with van der Waals surface area (Å²) in [5.74, 6) is -1.58. The molecule has 2 aromatic carbocycles. The number of fused-ring (bicyclic) bond motifs is 1. The van der Waals surface area contributed by atoms with Crippen molar-refractivity contribution in [3.05, 3.63) is 94.8 Å². The smallest absolute Gasteiger partial charge is 0.255 e. The van der Waals surface area contributed by atoms with Gasteiger partial charge in [0.05, 0.1) is 17.4 Å². The second-order valence-corrected chi connectivity index (χ2v) is 10.5. The lowest BCUT2D eigenvalue weighted by atomic mass is 10.0. The van der Waals surface area contributed by atoms with Crippen LogP contribution >= 0.6 is 11.3 Å². The van der Waals surface area contributed by atoms with Crippen molar-refractivity contribution in [3.8, 4) is 5.69 Å². The average Bonchev–Trinajstić information content (AvgIpc) is 3.71. The highest BCUT2D eigenvalue weighted by Crippen LogP contribution is 2.40. The number of carbonyl (C=O) groups excluding carboxylic acids is 2. The van der Waals surface area contributed by atoms with E-state index in [4.69, 9.17) is 0 Å². The number of amides is 2. The molecule has 1 aliphatic heterocycles. The molecule has 0 saturated heterocycles. The predicted molar refractivity (Wildman–Crippen MR) is 147 cm³/mol. The van der Waals surface area contributed by atoms with E-state index in [9.17, 15) is 19.8 Å². The fourth-order valence-electron chi connectivity index (χ4n) is 4.69. The summed E-state index contributed by atoms with van der Waals surface area (Å²) >= 11 is 1.45. The number of hydrogen-bond donors (Lipinski definition) is 3. The van der Waals surface area contributed by atoms with E-state index in [2.05, 4.69) is 15.4 Å². The molecule has 4 aromatic rings. The molecule has 0 saturated carbocycles. The van der Waals surface area contributed by atoms with Crippen LogP contribution in [0.1, 0.15) is 41.4 Å². The van der Waals surface area contributed by atoms with E-state index in [1.807, 2.05) is 85.2 Å². The summed E-state index contributed by atoms with van der Waals surface area (Å²) < 4.78 is 1.72. The molecular formula is C28H30N6O4S. The second kappa shape index (κ2) is 11.0. The number of rotatable bonds is 8. The number of nitrogens with one attached hydrogen (secondary N) is 1. The summed E-state index contributed by atoms with van der Waals surface area (Å²) in [4.78, 5) is 34.4. The van der Waals surface area contributed by atoms with Crippen molar-refractivity contribution in [1.82, 2.24) is 25.0 Å². The Kier molecular flexibility index (Phi) is 7.47. The Bertz CT molecular complexity index is 1450. The minimum atomic E-state index is -1.94. The van der Waals surface area contributed by atoms with Crippen molar-refractivity contribution in [2.75, 3.05) is 19.0 Å². The zero-order valence-corrected chi connectivity index (χ0v) is 22.6. The van der Waals surface area contributed by atoms with Gasteiger partial charge in [-0.15, -0.1) is 11.3 Å². The first-order valence-corrected chi connectivity index (χ1v) is 13.4. The zero-order chi connectivity index (χ0) is 27.7. The van der Waals surface area contributed by atoms with Gasteiger partial charge in [-0.3, -0.25) is 9.59 Å². The van der Waals surface area contributed by atoms with Gasteiger partial charge in [0.2, 0.25) is 0 Å². The van der Waals surface area contributed by atoms with Crippen LogP contribution in [0.2, 0.25) is 0 Å². The third kappa shape index (κ3) is 5.29. The number of benzene rings is 2. The van der Waals surface area contributed by atoms with Crippen LogP contribution in [0.5, 0.6) is 0 Å². The van der Waals surface area contributed by atoms with E-state index in [1.165, 1.54) is 16.2 Å². The van der Waals surface area contributed by atoms with Gasteiger partial charge in [0.25, 0.3) is 11.8 Å². The molecule has 1 aliphatic rings. The highest BCUT2D eigenvalue weighted by molar-refractivity contribution is 7.13. The number of aromatic nitrogens is 3. The monoisotopic (exact) mass is 546 g/mol. The molecule has 0 spiro atoms. The minimum absolute atomic E-state index is 0.235. The number of nitrogens with zero attached hydrogens (tertiary/aromatic N) is 5. The topological polar surface area (TPSA) is 124 Å². The minimum Gasteiger partial charge on any atom is -0.380 e. The quantitative estimate of drug-likeness (QED) is 0.310. The summed E-state index contributed by atoms with van der Waals surface area (Å²) in [5, 5.41) is 31.1. The lowest BCUT2D eigenvalue weighted by Crippen LogP contribution is -2.50. The summed E-state index contributed by atoms with van der Waals surface area (Å²) in [5.41, 5.74) is 4.15. The van der Waals surface area contributed by atoms with Crippen LogP contribution in [-0.4, -0.2) is 68.0 Å². The Hall–Kier alpha value is -4.06. The third-order valence-corrected chi connectivity index (χ3v) is 7.83. The van der Waals surface area contributed by atoms with Gasteiger partial charge in [-0.1, -0.05) is 36.4 Å². The Morgan fingerprint density at radius 1 is 1.08 bits per heavy atom. The first-order valence-electron chi connectivity index (χ1n) is 12.5. The third-order valence-electron chi connectivity index (χ3n) is 6.80. The number of thiazole rings is 1. The largest absolute Gasteiger partial charge is 0.380 e. The zero-order valence-electron chi connectivity index (χ0n) is 21.8. The lowest BCUT2D eigenvalue weighted by molar-refractivity contribution is -0.154. The van der Waals surface area contributed by atoms with Crippen molar-refractivity contribution >= 4 is 28.3 Å². The predicted octanol–water partition coefficient (Wildman–Crippen LogP) is 2.43. The van der Waals surface area contributed by atoms with E-state index in [-0.39, 0.29) is 6.54 Å². The maximum Gasteiger partial charge on any atom is 0.255 e. The number of carbonyl (C=O) groups is 2. The second-order valence-electron chi connectivity index (χ2n) is 9.68. The number of aliphatic hydroxyl groups is 2. The van der Waals surface area contributed by atoms with Crippen molar-refractivity contribution in [3.63, 3.8) is 0 Å². The molecule has 2 aromatic heterocycles. The summed E-state index contributed by atoms with van der Waals surface area (Å²) in [6.45, 7) is 2.00. The molecule has 0 fully saturated rings. The van der Waals surface area contributed by atoms with Gasteiger partial charge in [-0.2, -0.15) is 5.10 Å². The van der Waals surface area contributed by atoms with Crippen molar-refractivity contribution in [1.29, 1.82) is 0 Å². The van der Waals surface area contributed by atoms with Gasteiger partial charge in [-0.05, 0) is 41.8 Å². The van der Waals surface area contributed by atoms with E-state index >= 15 is 0 Å². The van der Waals surface area contributed by atoms with Crippen LogP contribution in [0, 0.1) is 0 Å². The van der Waals surface area contributed by atoms with Crippen LogP contribution in [0.25, 0.3) is 5.69 Å². The Morgan fingerprint density at radius 2 is 1.82 bits per heavy atom. The molecule has 39 heavy (non-hydrogen) atoms. The van der Waals surface area contributed by atoms with Gasteiger partial charge in [0.15, 0.2) is 17.3 Å². The van der Waals surface area contributed by atoms with Crippen molar-refractivity contribution in [2.45, 2.75) is 37.8 Å². The van der Waals surface area contributed by atoms with Crippen LogP contribution in [-0.2, 0) is 16.1 Å². The fourth-order valence-corrected chi connectivity index (χ4v) is 5.46. The van der Waals surface area contributed by atoms with E-state index in [1.54, 1.807) is 17.8 Å². The van der Waals surface area contributed by atoms with Crippen LogP contribution in [0.4, 0.5) is 5.13 Å². The number of hydrogen-bond acceptors (Lipinski definition) is 8. The lowest BCUT2D eigenvalue weighted by Gasteiger charge is -2.28. The molecule has 3 N–H and O–H groups in total. The van der Waals surface area contributed by atoms with Gasteiger partial charge < -0.3 is 25.3 Å². The summed E-state index contributed by atoms with van der Waals surface area (Å²) in [6, 6.07) is 15.9. The summed E-state index contributed by atoms with van der Waals surface area (Å²) in [6.07, 6.45) is -0.372. The van der Waals surface area contributed by atoms with Crippen LogP contribution in [0.3, 0.4) is 0 Å². The van der Waals surface area contributed by atoms with E-state index in [0.717, 1.165) is 27.5 Å². The first-order chi connectivity index (χ1) is 18.7. The molecule has 202 valence electrons. The maximum absolute atomic E-state index is 13.5. The van der Waals surface area contributed by atoms with Crippen LogP contribution in [0.15, 0.2) is 72.4 Å².